The van der Waals surface area contributed by atoms with Gasteiger partial charge in [0.05, 0.1) is 23.0 Å². The van der Waals surface area contributed by atoms with Gasteiger partial charge in [-0.15, -0.1) is 0 Å². The summed E-state index contributed by atoms with van der Waals surface area (Å²) >= 11 is 0. The van der Waals surface area contributed by atoms with Crippen molar-refractivity contribution in [1.82, 2.24) is 0 Å². The van der Waals surface area contributed by atoms with Gasteiger partial charge in [0.15, 0.2) is 0 Å². The number of nitrogens with one attached hydrogen (secondary N) is 1. The van der Waals surface area contributed by atoms with Gasteiger partial charge < -0.3 is 11.1 Å². The summed E-state index contributed by atoms with van der Waals surface area (Å²) in [7, 11) is 0. The summed E-state index contributed by atoms with van der Waals surface area (Å²) < 4.78 is 0. The van der Waals surface area contributed by atoms with Crippen LogP contribution in [0.2, 0.25) is 0 Å². The van der Waals surface area contributed by atoms with Crippen LogP contribution in [0.3, 0.4) is 0 Å². The minimum absolute atomic E-state index is 0.611. The maximum absolute atomic E-state index is 8.96. The first kappa shape index (κ1) is 12.6. The highest BCUT2D eigenvalue weighted by Crippen LogP contribution is 2.28. The number of benzene rings is 2. The Bertz CT molecular complexity index is 683. The Morgan fingerprint density at radius 1 is 1.00 bits per heavy atom. The van der Waals surface area contributed by atoms with Crippen LogP contribution in [0, 0.1) is 11.3 Å². The second-order valence-corrected chi connectivity index (χ2v) is 5.23. The maximum Gasteiger partial charge on any atom is 0.0992 e. The first-order valence-electron chi connectivity index (χ1n) is 6.95. The Balaban J connectivity index is 1.90. The van der Waals surface area contributed by atoms with Crippen molar-refractivity contribution in [3.63, 3.8) is 0 Å². The average Bonchev–Trinajstić information content (AvgIpc) is 2.49. The van der Waals surface area contributed by atoms with E-state index >= 15 is 0 Å². The number of nitrogens with zero attached hydrogens (tertiary/aromatic N) is 1. The fourth-order valence-electron chi connectivity index (χ4n) is 2.70. The van der Waals surface area contributed by atoms with Crippen LogP contribution >= 0.6 is 0 Å². The Hall–Kier alpha value is -2.47. The fraction of sp³-hybridized carbons (Fsp3) is 0.235. The summed E-state index contributed by atoms with van der Waals surface area (Å²) in [6.07, 6.45) is 4.89. The lowest BCUT2D eigenvalue weighted by Gasteiger charge is -2.17. The zero-order chi connectivity index (χ0) is 13.9. The average molecular weight is 263 g/mol. The molecule has 2 aromatic rings. The molecule has 0 atom stereocenters. The number of hydrogen-bond donors (Lipinski definition) is 2. The van der Waals surface area contributed by atoms with Crippen molar-refractivity contribution >= 4 is 17.1 Å². The smallest absolute Gasteiger partial charge is 0.0992 e. The zero-order valence-corrected chi connectivity index (χ0v) is 11.3. The van der Waals surface area contributed by atoms with E-state index in [1.54, 1.807) is 18.2 Å². The predicted molar refractivity (Wildman–Crippen MR) is 81.9 cm³/mol. The van der Waals surface area contributed by atoms with Crippen LogP contribution in [0.4, 0.5) is 17.1 Å². The van der Waals surface area contributed by atoms with E-state index in [1.165, 1.54) is 30.4 Å². The molecular formula is C17H17N3. The molecule has 1 aliphatic carbocycles. The van der Waals surface area contributed by atoms with Crippen molar-refractivity contribution < 1.29 is 0 Å². The Labute approximate surface area is 119 Å². The molecule has 1 aliphatic rings. The first-order valence-corrected chi connectivity index (χ1v) is 6.95. The van der Waals surface area contributed by atoms with E-state index in [2.05, 4.69) is 29.6 Å². The van der Waals surface area contributed by atoms with Crippen molar-refractivity contribution in [3.05, 3.63) is 53.1 Å². The van der Waals surface area contributed by atoms with Crippen LogP contribution in [0.1, 0.15) is 29.5 Å². The topological polar surface area (TPSA) is 61.8 Å². The lowest BCUT2D eigenvalue weighted by atomic mass is 9.91. The SMILES string of the molecule is N#Cc1ccc(N)c(Nc2ccc3c(c2)CCCC3)c1. The first-order chi connectivity index (χ1) is 9.76. The van der Waals surface area contributed by atoms with Gasteiger partial charge in [-0.25, -0.2) is 0 Å². The number of hydrogen-bond acceptors (Lipinski definition) is 3. The van der Waals surface area contributed by atoms with Crippen molar-refractivity contribution in [2.24, 2.45) is 0 Å². The van der Waals surface area contributed by atoms with Gasteiger partial charge in [0.25, 0.3) is 0 Å². The molecule has 0 amide bonds. The highest BCUT2D eigenvalue weighted by Gasteiger charge is 2.10. The fourth-order valence-corrected chi connectivity index (χ4v) is 2.70. The van der Waals surface area contributed by atoms with Crippen LogP contribution < -0.4 is 11.1 Å². The molecule has 3 N–H and O–H groups in total. The van der Waals surface area contributed by atoms with Gasteiger partial charge >= 0.3 is 0 Å². The molecule has 0 aliphatic heterocycles. The predicted octanol–water partition coefficient (Wildman–Crippen LogP) is 3.76. The summed E-state index contributed by atoms with van der Waals surface area (Å²) in [5.41, 5.74) is 11.9. The summed E-state index contributed by atoms with van der Waals surface area (Å²) in [6.45, 7) is 0. The van der Waals surface area contributed by atoms with Crippen molar-refractivity contribution in [2.75, 3.05) is 11.1 Å². The molecule has 0 spiro atoms. The van der Waals surface area contributed by atoms with Gasteiger partial charge in [-0.2, -0.15) is 5.26 Å². The van der Waals surface area contributed by atoms with Gasteiger partial charge in [0.1, 0.15) is 0 Å². The van der Waals surface area contributed by atoms with Gasteiger partial charge in [-0.05, 0) is 67.1 Å². The summed E-state index contributed by atoms with van der Waals surface area (Å²) in [5, 5.41) is 12.3. The second kappa shape index (κ2) is 5.26. The Kier molecular flexibility index (Phi) is 3.30. The number of anilines is 3. The molecular weight excluding hydrogens is 246 g/mol. The number of fused-ring (bicyclic) bond motifs is 1. The molecule has 20 heavy (non-hydrogen) atoms. The van der Waals surface area contributed by atoms with E-state index in [4.69, 9.17) is 11.0 Å². The third kappa shape index (κ3) is 2.46. The molecule has 0 saturated carbocycles. The molecule has 3 nitrogen and oxygen atoms in total. The highest BCUT2D eigenvalue weighted by atomic mass is 14.9. The number of nitrogens with two attached hydrogens (primary N) is 1. The zero-order valence-electron chi connectivity index (χ0n) is 11.3. The van der Waals surface area contributed by atoms with E-state index in [0.29, 0.717) is 11.3 Å². The van der Waals surface area contributed by atoms with Crippen molar-refractivity contribution in [1.29, 1.82) is 5.26 Å². The van der Waals surface area contributed by atoms with E-state index in [9.17, 15) is 0 Å². The van der Waals surface area contributed by atoms with Gasteiger partial charge in [0, 0.05) is 5.69 Å². The monoisotopic (exact) mass is 263 g/mol. The molecule has 100 valence electrons. The summed E-state index contributed by atoms with van der Waals surface area (Å²) in [4.78, 5) is 0. The van der Waals surface area contributed by atoms with Crippen LogP contribution in [-0.2, 0) is 12.8 Å². The minimum atomic E-state index is 0.611. The lowest BCUT2D eigenvalue weighted by molar-refractivity contribution is 0.686. The molecule has 0 saturated heterocycles. The van der Waals surface area contributed by atoms with E-state index in [0.717, 1.165) is 17.8 Å². The molecule has 0 unspecified atom stereocenters. The van der Waals surface area contributed by atoms with E-state index in [-0.39, 0.29) is 0 Å². The van der Waals surface area contributed by atoms with Crippen LogP contribution in [0.15, 0.2) is 36.4 Å². The molecule has 3 rings (SSSR count). The maximum atomic E-state index is 8.96. The molecule has 0 bridgehead atoms. The third-order valence-corrected chi connectivity index (χ3v) is 3.81. The molecule has 2 aromatic carbocycles. The number of nitrogen functional groups attached to an aromatic ring is 1. The third-order valence-electron chi connectivity index (χ3n) is 3.81. The highest BCUT2D eigenvalue weighted by molar-refractivity contribution is 5.74. The van der Waals surface area contributed by atoms with Crippen molar-refractivity contribution in [2.45, 2.75) is 25.7 Å². The van der Waals surface area contributed by atoms with Crippen LogP contribution in [0.5, 0.6) is 0 Å². The molecule has 0 heterocycles. The Morgan fingerprint density at radius 2 is 1.80 bits per heavy atom. The van der Waals surface area contributed by atoms with Crippen LogP contribution in [0.25, 0.3) is 0 Å². The summed E-state index contributed by atoms with van der Waals surface area (Å²) in [5.74, 6) is 0. The van der Waals surface area contributed by atoms with Crippen LogP contribution in [-0.4, -0.2) is 0 Å². The minimum Gasteiger partial charge on any atom is -0.397 e. The largest absolute Gasteiger partial charge is 0.397 e. The molecule has 0 radical (unpaired) electrons. The molecule has 0 aromatic heterocycles. The number of nitriles is 1. The van der Waals surface area contributed by atoms with Crippen molar-refractivity contribution in [3.8, 4) is 6.07 Å². The standard InChI is InChI=1S/C17H17N3/c18-11-12-5-8-16(19)17(9-12)20-15-7-6-13-3-1-2-4-14(13)10-15/h5-10,20H,1-4,19H2. The Morgan fingerprint density at radius 3 is 2.60 bits per heavy atom. The van der Waals surface area contributed by atoms with E-state index in [1.807, 2.05) is 0 Å². The van der Waals surface area contributed by atoms with Gasteiger partial charge in [-0.1, -0.05) is 6.07 Å². The lowest BCUT2D eigenvalue weighted by Crippen LogP contribution is -2.04. The van der Waals surface area contributed by atoms with Gasteiger partial charge in [0.2, 0.25) is 0 Å². The normalized spacial score (nSPS) is 13.3. The summed E-state index contributed by atoms with van der Waals surface area (Å²) in [6, 6.07) is 13.9. The number of rotatable bonds is 2. The molecule has 3 heteroatoms. The number of aryl methyl sites for hydroxylation is 2. The quantitative estimate of drug-likeness (QED) is 0.811. The second-order valence-electron chi connectivity index (χ2n) is 5.23. The van der Waals surface area contributed by atoms with Gasteiger partial charge in [-0.3, -0.25) is 0 Å². The van der Waals surface area contributed by atoms with E-state index < -0.39 is 0 Å². The molecule has 0 fully saturated rings.